The summed E-state index contributed by atoms with van der Waals surface area (Å²) in [6.45, 7) is 1.69. The van der Waals surface area contributed by atoms with Crippen molar-refractivity contribution in [3.05, 3.63) is 36.2 Å². The highest BCUT2D eigenvalue weighted by Crippen LogP contribution is 2.21. The average molecular weight is 316 g/mol. The van der Waals surface area contributed by atoms with Gasteiger partial charge in [-0.3, -0.25) is 4.98 Å². The topological polar surface area (TPSA) is 93.5 Å². The maximum Gasteiger partial charge on any atom is 0.213 e. The molecule has 23 heavy (non-hydrogen) atoms. The maximum atomic E-state index is 6.21. The lowest BCUT2D eigenvalue weighted by Crippen LogP contribution is -2.29. The van der Waals surface area contributed by atoms with E-state index in [9.17, 15) is 0 Å². The van der Waals surface area contributed by atoms with Gasteiger partial charge in [-0.25, -0.2) is 10.8 Å². The number of pyridine rings is 2. The Hall–Kier alpha value is -2.38. The van der Waals surface area contributed by atoms with Crippen molar-refractivity contribution in [1.82, 2.24) is 19.9 Å². The van der Waals surface area contributed by atoms with E-state index in [1.54, 1.807) is 30.6 Å². The van der Waals surface area contributed by atoms with Gasteiger partial charge in [0.1, 0.15) is 5.52 Å². The van der Waals surface area contributed by atoms with Crippen LogP contribution in [-0.2, 0) is 0 Å². The molecule has 0 saturated carbocycles. The second kappa shape index (κ2) is 7.75. The van der Waals surface area contributed by atoms with Crippen LogP contribution in [0.25, 0.3) is 16.7 Å². The first kappa shape index (κ1) is 17.0. The molecule has 0 bridgehead atoms. The highest BCUT2D eigenvalue weighted by molar-refractivity contribution is 5.87. The molecule has 0 amide bonds. The van der Waals surface area contributed by atoms with E-state index in [0.29, 0.717) is 17.1 Å². The first-order valence-corrected chi connectivity index (χ1v) is 7.44. The molecular weight excluding hydrogens is 292 g/mol. The minimum atomic E-state index is 0.523. The summed E-state index contributed by atoms with van der Waals surface area (Å²) in [7, 11) is 5.65. The van der Waals surface area contributed by atoms with Crippen molar-refractivity contribution in [3.63, 3.8) is 0 Å². The van der Waals surface area contributed by atoms with Crippen LogP contribution in [0.3, 0.4) is 0 Å². The Morgan fingerprint density at radius 3 is 2.74 bits per heavy atom. The highest BCUT2D eigenvalue weighted by Gasteiger charge is 2.08. The number of fused-ring (bicyclic) bond motifs is 1. The van der Waals surface area contributed by atoms with Crippen molar-refractivity contribution in [2.24, 2.45) is 11.6 Å². The normalized spacial score (nSPS) is 12.0. The Kier molecular flexibility index (Phi) is 5.72. The van der Waals surface area contributed by atoms with Crippen LogP contribution in [0.4, 0.5) is 0 Å². The monoisotopic (exact) mass is 316 g/mol. The SMILES string of the molecule is COc1ccc2nccc(/C(N)=C/N(N)CCCN(C)C)c2n1. The Balaban J connectivity index is 2.22. The van der Waals surface area contributed by atoms with Crippen molar-refractivity contribution >= 4 is 16.7 Å². The van der Waals surface area contributed by atoms with E-state index in [0.717, 1.165) is 30.6 Å². The summed E-state index contributed by atoms with van der Waals surface area (Å²) in [6, 6.07) is 5.46. The van der Waals surface area contributed by atoms with Gasteiger partial charge in [-0.05, 0) is 39.2 Å². The van der Waals surface area contributed by atoms with Crippen LogP contribution in [0.1, 0.15) is 12.0 Å². The largest absolute Gasteiger partial charge is 0.481 e. The Morgan fingerprint density at radius 2 is 2.04 bits per heavy atom. The van der Waals surface area contributed by atoms with E-state index in [4.69, 9.17) is 16.3 Å². The molecule has 0 atom stereocenters. The Labute approximate surface area is 136 Å². The summed E-state index contributed by atoms with van der Waals surface area (Å²) in [4.78, 5) is 10.9. The molecule has 0 radical (unpaired) electrons. The Morgan fingerprint density at radius 1 is 1.26 bits per heavy atom. The smallest absolute Gasteiger partial charge is 0.213 e. The molecule has 0 fully saturated rings. The predicted molar refractivity (Wildman–Crippen MR) is 92.3 cm³/mol. The first-order valence-electron chi connectivity index (χ1n) is 7.44. The molecule has 0 aliphatic rings. The summed E-state index contributed by atoms with van der Waals surface area (Å²) in [5, 5.41) is 1.60. The molecule has 2 heterocycles. The molecule has 7 heteroatoms. The van der Waals surface area contributed by atoms with Crippen LogP contribution >= 0.6 is 0 Å². The van der Waals surface area contributed by atoms with Crippen LogP contribution in [-0.4, -0.2) is 54.2 Å². The lowest BCUT2D eigenvalue weighted by Gasteiger charge is -2.17. The standard InChI is InChI=1S/C16H24N6O/c1-21(2)9-4-10-22(18)11-13(17)12-7-8-19-14-5-6-15(23-3)20-16(12)14/h5-8,11H,4,9-10,17-18H2,1-3H3/b13-11-. The van der Waals surface area contributed by atoms with Crippen LogP contribution < -0.4 is 16.3 Å². The van der Waals surface area contributed by atoms with Crippen LogP contribution in [0.15, 0.2) is 30.6 Å². The lowest BCUT2D eigenvalue weighted by atomic mass is 10.1. The predicted octanol–water partition coefficient (Wildman–Crippen LogP) is 1.02. The van der Waals surface area contributed by atoms with Crippen molar-refractivity contribution in [3.8, 4) is 5.88 Å². The van der Waals surface area contributed by atoms with Gasteiger partial charge in [-0.1, -0.05) is 0 Å². The number of nitrogens with two attached hydrogens (primary N) is 2. The number of nitrogens with zero attached hydrogens (tertiary/aromatic N) is 4. The number of hydrogen-bond donors (Lipinski definition) is 2. The molecule has 2 aromatic rings. The number of rotatable bonds is 7. The third-order valence-corrected chi connectivity index (χ3v) is 3.41. The van der Waals surface area contributed by atoms with E-state index in [-0.39, 0.29) is 0 Å². The van der Waals surface area contributed by atoms with E-state index in [2.05, 4.69) is 14.9 Å². The van der Waals surface area contributed by atoms with E-state index >= 15 is 0 Å². The minimum absolute atomic E-state index is 0.523. The maximum absolute atomic E-state index is 6.21. The second-order valence-electron chi connectivity index (χ2n) is 5.56. The zero-order valence-electron chi connectivity index (χ0n) is 13.9. The van der Waals surface area contributed by atoms with Gasteiger partial charge >= 0.3 is 0 Å². The molecule has 0 unspecified atom stereocenters. The molecule has 4 N–H and O–H groups in total. The molecule has 2 aromatic heterocycles. The second-order valence-corrected chi connectivity index (χ2v) is 5.56. The van der Waals surface area contributed by atoms with Crippen molar-refractivity contribution < 1.29 is 4.74 Å². The van der Waals surface area contributed by atoms with Gasteiger partial charge < -0.3 is 20.4 Å². The van der Waals surface area contributed by atoms with Crippen molar-refractivity contribution in [2.75, 3.05) is 34.3 Å². The third kappa shape index (κ3) is 4.54. The van der Waals surface area contributed by atoms with Crippen LogP contribution in [0.2, 0.25) is 0 Å². The van der Waals surface area contributed by atoms with Crippen molar-refractivity contribution in [2.45, 2.75) is 6.42 Å². The van der Waals surface area contributed by atoms with Crippen LogP contribution in [0.5, 0.6) is 5.88 Å². The van der Waals surface area contributed by atoms with E-state index in [1.165, 1.54) is 0 Å². The number of hydrogen-bond acceptors (Lipinski definition) is 7. The van der Waals surface area contributed by atoms with Gasteiger partial charge in [0.15, 0.2) is 0 Å². The summed E-state index contributed by atoms with van der Waals surface area (Å²) in [5.74, 6) is 6.52. The molecule has 0 aliphatic heterocycles. The fourth-order valence-corrected chi connectivity index (χ4v) is 2.24. The molecule has 0 saturated heterocycles. The van der Waals surface area contributed by atoms with Gasteiger partial charge in [0.25, 0.3) is 0 Å². The highest BCUT2D eigenvalue weighted by atomic mass is 16.5. The van der Waals surface area contributed by atoms with Gasteiger partial charge in [-0.2, -0.15) is 0 Å². The third-order valence-electron chi connectivity index (χ3n) is 3.41. The summed E-state index contributed by atoms with van der Waals surface area (Å²) in [5.41, 5.74) is 9.00. The zero-order chi connectivity index (χ0) is 16.8. The Bertz CT molecular complexity index is 685. The lowest BCUT2D eigenvalue weighted by molar-refractivity contribution is 0.334. The van der Waals surface area contributed by atoms with E-state index in [1.807, 2.05) is 26.2 Å². The fraction of sp³-hybridized carbons (Fsp3) is 0.375. The van der Waals surface area contributed by atoms with E-state index < -0.39 is 0 Å². The quantitative estimate of drug-likeness (QED) is 0.582. The number of aromatic nitrogens is 2. The minimum Gasteiger partial charge on any atom is -0.481 e. The molecule has 124 valence electrons. The summed E-state index contributed by atoms with van der Waals surface area (Å²) < 4.78 is 5.17. The molecule has 7 nitrogen and oxygen atoms in total. The molecule has 0 aromatic carbocycles. The molecule has 0 aliphatic carbocycles. The number of hydrazine groups is 1. The summed E-state index contributed by atoms with van der Waals surface area (Å²) in [6.07, 6.45) is 4.39. The number of methoxy groups -OCH3 is 1. The van der Waals surface area contributed by atoms with Gasteiger partial charge in [0.05, 0.1) is 18.3 Å². The fourth-order valence-electron chi connectivity index (χ4n) is 2.24. The van der Waals surface area contributed by atoms with Gasteiger partial charge in [0.2, 0.25) is 5.88 Å². The van der Waals surface area contributed by atoms with Crippen molar-refractivity contribution in [1.29, 1.82) is 0 Å². The molecule has 2 rings (SSSR count). The zero-order valence-corrected chi connectivity index (χ0v) is 13.9. The van der Waals surface area contributed by atoms with Crippen LogP contribution in [0, 0.1) is 0 Å². The molecule has 0 spiro atoms. The molecular formula is C16H24N6O. The van der Waals surface area contributed by atoms with Gasteiger partial charge in [-0.15, -0.1) is 0 Å². The summed E-state index contributed by atoms with van der Waals surface area (Å²) >= 11 is 0. The first-order chi connectivity index (χ1) is 11.0. The average Bonchev–Trinajstić information content (AvgIpc) is 2.53. The van der Waals surface area contributed by atoms with Gasteiger partial charge in [0, 0.05) is 30.6 Å². The number of ether oxygens (including phenoxy) is 1.